The Balaban J connectivity index is 2.32. The molecule has 1 aromatic rings. The first-order valence-corrected chi connectivity index (χ1v) is 6.05. The normalized spacial score (nSPS) is 12.4. The standard InChI is InChI=1S/C9H15IN4O2/c1-6(15)4-11-2-3-12-8-7(10)9(16)14-5-13-8/h5-6,11,15H,2-4H2,1H3,(H2,12,13,14,16). The van der Waals surface area contributed by atoms with Gasteiger partial charge in [-0.2, -0.15) is 0 Å². The Hall–Kier alpha value is -0.670. The predicted molar refractivity (Wildman–Crippen MR) is 70.6 cm³/mol. The van der Waals surface area contributed by atoms with Crippen LogP contribution in [0, 0.1) is 3.57 Å². The van der Waals surface area contributed by atoms with E-state index in [4.69, 9.17) is 5.11 Å². The van der Waals surface area contributed by atoms with Gasteiger partial charge in [0.2, 0.25) is 0 Å². The maximum atomic E-state index is 11.2. The molecule has 0 amide bonds. The summed E-state index contributed by atoms with van der Waals surface area (Å²) >= 11 is 1.95. The summed E-state index contributed by atoms with van der Waals surface area (Å²) in [6.07, 6.45) is 1.02. The van der Waals surface area contributed by atoms with E-state index in [1.165, 1.54) is 6.33 Å². The lowest BCUT2D eigenvalue weighted by Gasteiger charge is -2.08. The van der Waals surface area contributed by atoms with Crippen LogP contribution < -0.4 is 16.2 Å². The molecule has 0 fully saturated rings. The molecule has 0 aliphatic carbocycles. The third kappa shape index (κ3) is 4.45. The highest BCUT2D eigenvalue weighted by molar-refractivity contribution is 14.1. The van der Waals surface area contributed by atoms with Gasteiger partial charge in [0.05, 0.1) is 12.4 Å². The van der Waals surface area contributed by atoms with Crippen LogP contribution >= 0.6 is 22.6 Å². The Labute approximate surface area is 107 Å². The molecule has 1 atom stereocenters. The fraction of sp³-hybridized carbons (Fsp3) is 0.556. The summed E-state index contributed by atoms with van der Waals surface area (Å²) in [5, 5.41) is 15.1. The SMILES string of the molecule is CC(O)CNCCNc1nc[nH]c(=O)c1I. The number of nitrogens with zero attached hydrogens (tertiary/aromatic N) is 1. The highest BCUT2D eigenvalue weighted by Gasteiger charge is 2.03. The molecule has 0 spiro atoms. The van der Waals surface area contributed by atoms with Crippen molar-refractivity contribution in [3.05, 3.63) is 20.3 Å². The number of halogens is 1. The molecule has 7 heteroatoms. The topological polar surface area (TPSA) is 90.0 Å². The first-order valence-electron chi connectivity index (χ1n) is 4.97. The van der Waals surface area contributed by atoms with Gasteiger partial charge in [0, 0.05) is 19.6 Å². The number of rotatable bonds is 6. The molecule has 1 heterocycles. The summed E-state index contributed by atoms with van der Waals surface area (Å²) in [7, 11) is 0. The lowest BCUT2D eigenvalue weighted by atomic mass is 10.4. The molecule has 4 N–H and O–H groups in total. The maximum absolute atomic E-state index is 11.2. The number of H-pyrrole nitrogens is 1. The van der Waals surface area contributed by atoms with Crippen molar-refractivity contribution < 1.29 is 5.11 Å². The van der Waals surface area contributed by atoms with E-state index < -0.39 is 0 Å². The van der Waals surface area contributed by atoms with E-state index in [1.54, 1.807) is 6.92 Å². The highest BCUT2D eigenvalue weighted by Crippen LogP contribution is 2.07. The van der Waals surface area contributed by atoms with Crippen LogP contribution in [0.1, 0.15) is 6.92 Å². The van der Waals surface area contributed by atoms with Crippen molar-refractivity contribution in [2.45, 2.75) is 13.0 Å². The Kier molecular flexibility index (Phi) is 5.71. The van der Waals surface area contributed by atoms with E-state index >= 15 is 0 Å². The number of aromatic nitrogens is 2. The van der Waals surface area contributed by atoms with Gasteiger partial charge in [-0.1, -0.05) is 0 Å². The smallest absolute Gasteiger partial charge is 0.266 e. The number of aliphatic hydroxyl groups is 1. The summed E-state index contributed by atoms with van der Waals surface area (Å²) in [5.41, 5.74) is -0.143. The van der Waals surface area contributed by atoms with Gasteiger partial charge < -0.3 is 20.7 Å². The second-order valence-electron chi connectivity index (χ2n) is 3.37. The average Bonchev–Trinajstić information content (AvgIpc) is 2.23. The van der Waals surface area contributed by atoms with Gasteiger partial charge in [0.1, 0.15) is 9.39 Å². The quantitative estimate of drug-likeness (QED) is 0.425. The molecule has 0 aliphatic heterocycles. The van der Waals surface area contributed by atoms with Gasteiger partial charge in [-0.3, -0.25) is 4.79 Å². The van der Waals surface area contributed by atoms with Crippen molar-refractivity contribution in [1.29, 1.82) is 0 Å². The lowest BCUT2D eigenvalue weighted by molar-refractivity contribution is 0.192. The van der Waals surface area contributed by atoms with Crippen LogP contribution in [0.2, 0.25) is 0 Å². The molecule has 0 aliphatic rings. The number of aliphatic hydroxyl groups excluding tert-OH is 1. The summed E-state index contributed by atoms with van der Waals surface area (Å²) < 4.78 is 0.552. The minimum absolute atomic E-state index is 0.143. The summed E-state index contributed by atoms with van der Waals surface area (Å²) in [4.78, 5) is 17.7. The molecule has 0 radical (unpaired) electrons. The van der Waals surface area contributed by atoms with Crippen molar-refractivity contribution in [2.75, 3.05) is 25.0 Å². The van der Waals surface area contributed by atoms with E-state index in [9.17, 15) is 4.79 Å². The number of aromatic amines is 1. The van der Waals surface area contributed by atoms with Crippen molar-refractivity contribution >= 4 is 28.4 Å². The molecule has 1 aromatic heterocycles. The molecular weight excluding hydrogens is 323 g/mol. The number of hydrogen-bond acceptors (Lipinski definition) is 5. The van der Waals surface area contributed by atoms with Crippen LogP contribution in [-0.4, -0.2) is 40.8 Å². The number of nitrogens with one attached hydrogen (secondary N) is 3. The van der Waals surface area contributed by atoms with Crippen LogP contribution in [-0.2, 0) is 0 Å². The monoisotopic (exact) mass is 338 g/mol. The Morgan fingerprint density at radius 2 is 2.38 bits per heavy atom. The molecule has 0 bridgehead atoms. The van der Waals surface area contributed by atoms with E-state index in [1.807, 2.05) is 22.6 Å². The van der Waals surface area contributed by atoms with Gasteiger partial charge >= 0.3 is 0 Å². The number of hydrogen-bond donors (Lipinski definition) is 4. The zero-order valence-electron chi connectivity index (χ0n) is 8.96. The predicted octanol–water partition coefficient (Wildman–Crippen LogP) is -0.243. The van der Waals surface area contributed by atoms with Crippen LogP contribution in [0.4, 0.5) is 5.82 Å². The second-order valence-corrected chi connectivity index (χ2v) is 4.45. The lowest BCUT2D eigenvalue weighted by Crippen LogP contribution is -2.29. The highest BCUT2D eigenvalue weighted by atomic mass is 127. The third-order valence-electron chi connectivity index (χ3n) is 1.83. The Morgan fingerprint density at radius 1 is 1.62 bits per heavy atom. The van der Waals surface area contributed by atoms with Crippen LogP contribution in [0.5, 0.6) is 0 Å². The average molecular weight is 338 g/mol. The van der Waals surface area contributed by atoms with Crippen molar-refractivity contribution in [3.63, 3.8) is 0 Å². The maximum Gasteiger partial charge on any atom is 0.266 e. The van der Waals surface area contributed by atoms with Gasteiger partial charge in [-0.15, -0.1) is 0 Å². The fourth-order valence-electron chi connectivity index (χ4n) is 1.09. The minimum Gasteiger partial charge on any atom is -0.392 e. The summed E-state index contributed by atoms with van der Waals surface area (Å²) in [6, 6.07) is 0. The first-order chi connectivity index (χ1) is 7.61. The fourth-order valence-corrected chi connectivity index (χ4v) is 1.57. The van der Waals surface area contributed by atoms with E-state index in [0.29, 0.717) is 29.0 Å². The van der Waals surface area contributed by atoms with Crippen LogP contribution in [0.25, 0.3) is 0 Å². The molecule has 0 saturated heterocycles. The Morgan fingerprint density at radius 3 is 3.06 bits per heavy atom. The van der Waals surface area contributed by atoms with Crippen molar-refractivity contribution in [3.8, 4) is 0 Å². The van der Waals surface area contributed by atoms with Gasteiger partial charge in [0.25, 0.3) is 5.56 Å². The largest absolute Gasteiger partial charge is 0.392 e. The van der Waals surface area contributed by atoms with E-state index in [-0.39, 0.29) is 11.7 Å². The molecule has 90 valence electrons. The third-order valence-corrected chi connectivity index (χ3v) is 2.83. The van der Waals surface area contributed by atoms with Crippen molar-refractivity contribution in [2.24, 2.45) is 0 Å². The molecule has 1 rings (SSSR count). The van der Waals surface area contributed by atoms with E-state index in [0.717, 1.165) is 0 Å². The Bertz CT molecular complexity index is 380. The zero-order valence-corrected chi connectivity index (χ0v) is 11.1. The molecule has 6 nitrogen and oxygen atoms in total. The van der Waals surface area contributed by atoms with Crippen LogP contribution in [0.3, 0.4) is 0 Å². The van der Waals surface area contributed by atoms with Gasteiger partial charge in [-0.05, 0) is 29.5 Å². The first kappa shape index (κ1) is 13.4. The number of anilines is 1. The zero-order chi connectivity index (χ0) is 12.0. The molecule has 0 saturated carbocycles. The van der Waals surface area contributed by atoms with Crippen molar-refractivity contribution in [1.82, 2.24) is 15.3 Å². The van der Waals surface area contributed by atoms with E-state index in [2.05, 4.69) is 20.6 Å². The van der Waals surface area contributed by atoms with Crippen LogP contribution in [0.15, 0.2) is 11.1 Å². The molecule has 0 aromatic carbocycles. The summed E-state index contributed by atoms with van der Waals surface area (Å²) in [5.74, 6) is 0.586. The minimum atomic E-state index is -0.349. The van der Waals surface area contributed by atoms with Gasteiger partial charge in [0.15, 0.2) is 0 Å². The summed E-state index contributed by atoms with van der Waals surface area (Å²) in [6.45, 7) is 3.64. The molecule has 16 heavy (non-hydrogen) atoms. The second kappa shape index (κ2) is 6.81. The molecule has 1 unspecified atom stereocenters. The van der Waals surface area contributed by atoms with Gasteiger partial charge in [-0.25, -0.2) is 4.98 Å². The molecular formula is C9H15IN4O2.